The van der Waals surface area contributed by atoms with Crippen LogP contribution in [0.5, 0.6) is 0 Å². The van der Waals surface area contributed by atoms with Crippen LogP contribution in [-0.2, 0) is 25.8 Å². The van der Waals surface area contributed by atoms with Crippen LogP contribution in [0.1, 0.15) is 76.3 Å². The topological polar surface area (TPSA) is 0 Å². The molecule has 3 rings (SSSR count). The zero-order chi connectivity index (χ0) is 18.9. The quantitative estimate of drug-likeness (QED) is 0.294. The minimum absolute atomic E-state index is 0. The molecular formula is C25H34Hf-2. The summed E-state index contributed by atoms with van der Waals surface area (Å²) < 4.78 is 0. The van der Waals surface area contributed by atoms with Crippen LogP contribution in [0.25, 0.3) is 6.08 Å². The Hall–Kier alpha value is -0.820. The fourth-order valence-corrected chi connectivity index (χ4v) is 3.64. The molecular weight excluding hydrogens is 479 g/mol. The maximum Gasteiger partial charge on any atom is 0 e. The fourth-order valence-electron chi connectivity index (χ4n) is 3.64. The summed E-state index contributed by atoms with van der Waals surface area (Å²) in [5.74, 6) is 1.27. The maximum atomic E-state index is 3.48. The van der Waals surface area contributed by atoms with Crippen LogP contribution >= 0.6 is 0 Å². The molecule has 2 aromatic rings. The molecule has 0 bridgehead atoms. The number of fused-ring (bicyclic) bond motifs is 1. The number of allylic oxidation sites excluding steroid dienone is 1. The summed E-state index contributed by atoms with van der Waals surface area (Å²) in [6.45, 7) is 19.9. The van der Waals surface area contributed by atoms with Gasteiger partial charge in [0.25, 0.3) is 0 Å². The van der Waals surface area contributed by atoms with Gasteiger partial charge in [-0.05, 0) is 19.8 Å². The number of rotatable bonds is 2. The van der Waals surface area contributed by atoms with Gasteiger partial charge in [-0.25, -0.2) is 6.08 Å². The average molecular weight is 513 g/mol. The van der Waals surface area contributed by atoms with Gasteiger partial charge < -0.3 is 0 Å². The number of aryl methyl sites for hydroxylation is 2. The van der Waals surface area contributed by atoms with Crippen molar-refractivity contribution in [1.82, 2.24) is 0 Å². The van der Waals surface area contributed by atoms with E-state index in [1.54, 1.807) is 0 Å². The first-order chi connectivity index (χ1) is 11.6. The molecule has 1 atom stereocenters. The van der Waals surface area contributed by atoms with Crippen molar-refractivity contribution >= 4 is 6.08 Å². The van der Waals surface area contributed by atoms with Crippen LogP contribution in [0.3, 0.4) is 0 Å². The predicted molar refractivity (Wildman–Crippen MR) is 112 cm³/mol. The maximum absolute atomic E-state index is 3.48. The smallest absolute Gasteiger partial charge is 0 e. The number of hydrogen-bond acceptors (Lipinski definition) is 0. The van der Waals surface area contributed by atoms with Gasteiger partial charge in [0.1, 0.15) is 0 Å². The molecule has 2 aromatic carbocycles. The Morgan fingerprint density at radius 1 is 0.923 bits per heavy atom. The molecule has 0 saturated carbocycles. The molecule has 0 amide bonds. The normalized spacial score (nSPS) is 14.8. The van der Waals surface area contributed by atoms with E-state index in [4.69, 9.17) is 0 Å². The summed E-state index contributed by atoms with van der Waals surface area (Å²) in [5.41, 5.74) is 13.0. The second-order valence-electron chi connectivity index (χ2n) is 8.18. The van der Waals surface area contributed by atoms with Crippen molar-refractivity contribution in [2.45, 2.75) is 74.7 Å². The molecule has 26 heavy (non-hydrogen) atoms. The van der Waals surface area contributed by atoms with Crippen LogP contribution in [0.2, 0.25) is 0 Å². The molecule has 1 aliphatic rings. The number of hydrogen-bond donors (Lipinski definition) is 0. The molecule has 1 unspecified atom stereocenters. The SMILES string of the molecule is Cc1c(C)c(C)[c-](C)c1C.Cc1cc2c(cc1C)C(CC(C)C)[C-]=C2.[Hf]. The molecule has 0 heterocycles. The first kappa shape index (κ1) is 23.2. The van der Waals surface area contributed by atoms with Crippen molar-refractivity contribution in [3.05, 3.63) is 68.3 Å². The minimum Gasteiger partial charge on any atom is -0.268 e. The third-order valence-corrected chi connectivity index (χ3v) is 6.03. The Bertz CT molecular complexity index is 707. The molecule has 1 heteroatoms. The molecule has 0 N–H and O–H groups in total. The van der Waals surface area contributed by atoms with Crippen LogP contribution in [0.15, 0.2) is 12.1 Å². The second-order valence-corrected chi connectivity index (χ2v) is 8.18. The summed E-state index contributed by atoms with van der Waals surface area (Å²) in [6.07, 6.45) is 6.86. The van der Waals surface area contributed by atoms with Crippen molar-refractivity contribution in [1.29, 1.82) is 0 Å². The fraction of sp³-hybridized carbons (Fsp3) is 0.480. The predicted octanol–water partition coefficient (Wildman–Crippen LogP) is 7.21. The molecule has 0 aromatic heterocycles. The molecule has 0 saturated heterocycles. The van der Waals surface area contributed by atoms with Gasteiger partial charge in [-0.15, -0.1) is 11.6 Å². The van der Waals surface area contributed by atoms with Gasteiger partial charge in [0, 0.05) is 25.8 Å². The summed E-state index contributed by atoms with van der Waals surface area (Å²) in [5, 5.41) is 0. The van der Waals surface area contributed by atoms with Crippen LogP contribution in [0.4, 0.5) is 0 Å². The van der Waals surface area contributed by atoms with E-state index in [9.17, 15) is 0 Å². The monoisotopic (exact) mass is 514 g/mol. The second kappa shape index (κ2) is 9.40. The van der Waals surface area contributed by atoms with Gasteiger partial charge in [0.15, 0.2) is 0 Å². The largest absolute Gasteiger partial charge is 0.268 e. The third kappa shape index (κ3) is 4.91. The van der Waals surface area contributed by atoms with Gasteiger partial charge in [-0.1, -0.05) is 78.0 Å². The van der Waals surface area contributed by atoms with Crippen molar-refractivity contribution in [3.8, 4) is 0 Å². The van der Waals surface area contributed by atoms with E-state index >= 15 is 0 Å². The van der Waals surface area contributed by atoms with E-state index in [1.807, 2.05) is 0 Å². The molecule has 0 nitrogen and oxygen atoms in total. The van der Waals surface area contributed by atoms with Crippen LogP contribution < -0.4 is 0 Å². The molecule has 0 radical (unpaired) electrons. The van der Waals surface area contributed by atoms with Crippen molar-refractivity contribution in [3.63, 3.8) is 0 Å². The van der Waals surface area contributed by atoms with Gasteiger partial charge >= 0.3 is 0 Å². The molecule has 1 aliphatic carbocycles. The Morgan fingerprint density at radius 2 is 1.42 bits per heavy atom. The Morgan fingerprint density at radius 3 is 1.85 bits per heavy atom. The standard InChI is InChI=1S/C15H19.C10H15.Hf/c1-10(2)7-13-5-6-14-8-11(3)12(4)9-15(13)14;1-6-7(2)9(4)10(5)8(6)3;/h6,8-10,13H,7H2,1-4H3;1-5H3;/q2*-1;. The molecule has 0 aliphatic heterocycles. The third-order valence-electron chi connectivity index (χ3n) is 6.03. The van der Waals surface area contributed by atoms with Gasteiger partial charge in [0.2, 0.25) is 0 Å². The van der Waals surface area contributed by atoms with E-state index in [1.165, 1.54) is 56.5 Å². The summed E-state index contributed by atoms with van der Waals surface area (Å²) in [4.78, 5) is 0. The molecule has 0 fully saturated rings. The van der Waals surface area contributed by atoms with Gasteiger partial charge in [0.05, 0.1) is 0 Å². The van der Waals surface area contributed by atoms with E-state index in [0.29, 0.717) is 5.92 Å². The van der Waals surface area contributed by atoms with E-state index < -0.39 is 0 Å². The van der Waals surface area contributed by atoms with Gasteiger partial charge in [-0.2, -0.15) is 33.4 Å². The zero-order valence-electron chi connectivity index (χ0n) is 18.1. The minimum atomic E-state index is 0. The van der Waals surface area contributed by atoms with Crippen LogP contribution in [0, 0.1) is 60.5 Å². The summed E-state index contributed by atoms with van der Waals surface area (Å²) >= 11 is 0. The Kier molecular flexibility index (Phi) is 8.39. The van der Waals surface area contributed by atoms with Gasteiger partial charge in [-0.3, -0.25) is 6.08 Å². The van der Waals surface area contributed by atoms with E-state index in [-0.39, 0.29) is 25.8 Å². The van der Waals surface area contributed by atoms with Crippen molar-refractivity contribution in [2.75, 3.05) is 0 Å². The zero-order valence-corrected chi connectivity index (χ0v) is 21.7. The summed E-state index contributed by atoms with van der Waals surface area (Å²) in [7, 11) is 0. The average Bonchev–Trinajstić information content (AvgIpc) is 2.99. The Balaban J connectivity index is 0.000000270. The molecule has 140 valence electrons. The molecule has 0 spiro atoms. The van der Waals surface area contributed by atoms with E-state index in [2.05, 4.69) is 86.6 Å². The van der Waals surface area contributed by atoms with Crippen molar-refractivity contribution in [2.24, 2.45) is 5.92 Å². The van der Waals surface area contributed by atoms with Crippen molar-refractivity contribution < 1.29 is 25.8 Å². The first-order valence-corrected chi connectivity index (χ1v) is 9.53. The first-order valence-electron chi connectivity index (χ1n) is 9.53. The number of benzene rings is 1. The Labute approximate surface area is 180 Å². The van der Waals surface area contributed by atoms with Crippen LogP contribution in [-0.4, -0.2) is 0 Å². The van der Waals surface area contributed by atoms with E-state index in [0.717, 1.165) is 5.92 Å². The summed E-state index contributed by atoms with van der Waals surface area (Å²) in [6, 6.07) is 4.63.